The highest BCUT2D eigenvalue weighted by atomic mass is 16.2. The number of Topliss-reactive ketones (excluding diaryl/α,β-unsaturated/α-hetero) is 1. The number of para-hydroxylation sites is 1. The molecule has 5 aromatic rings. The van der Waals surface area contributed by atoms with Crippen LogP contribution in [0.3, 0.4) is 0 Å². The Bertz CT molecular complexity index is 1640. The molecule has 0 aliphatic rings. The lowest BCUT2D eigenvalue weighted by Crippen LogP contribution is -2.48. The van der Waals surface area contributed by atoms with Gasteiger partial charge in [0.05, 0.1) is 5.52 Å². The number of nitrogens with zero attached hydrogens (tertiary/aromatic N) is 3. The van der Waals surface area contributed by atoms with Gasteiger partial charge in [0.15, 0.2) is 11.4 Å². The van der Waals surface area contributed by atoms with Crippen molar-refractivity contribution in [1.82, 2.24) is 25.3 Å². The van der Waals surface area contributed by atoms with Crippen molar-refractivity contribution in [3.8, 4) is 11.3 Å². The highest BCUT2D eigenvalue weighted by Crippen LogP contribution is 2.30. The molecule has 0 saturated heterocycles. The van der Waals surface area contributed by atoms with Crippen molar-refractivity contribution in [3.63, 3.8) is 0 Å². The maximum absolute atomic E-state index is 13.4. The molecule has 3 heterocycles. The van der Waals surface area contributed by atoms with Crippen LogP contribution >= 0.6 is 0 Å². The molecule has 3 aromatic heterocycles. The van der Waals surface area contributed by atoms with E-state index < -0.39 is 6.04 Å². The summed E-state index contributed by atoms with van der Waals surface area (Å²) in [6.45, 7) is 7.01. The van der Waals surface area contributed by atoms with Crippen LogP contribution in [-0.2, 0) is 4.79 Å². The van der Waals surface area contributed by atoms with Crippen molar-refractivity contribution in [2.24, 2.45) is 0 Å². The molecule has 9 nitrogen and oxygen atoms in total. The number of ketones is 1. The fourth-order valence-electron chi connectivity index (χ4n) is 4.92. The van der Waals surface area contributed by atoms with Gasteiger partial charge in [0.25, 0.3) is 5.91 Å². The molecule has 1 amide bonds. The summed E-state index contributed by atoms with van der Waals surface area (Å²) in [6, 6.07) is 18.6. The Morgan fingerprint density at radius 1 is 1.03 bits per heavy atom. The number of amides is 1. The fourth-order valence-corrected chi connectivity index (χ4v) is 4.92. The van der Waals surface area contributed by atoms with Crippen LogP contribution < -0.4 is 16.0 Å². The molecule has 0 spiro atoms. The number of anilines is 2. The van der Waals surface area contributed by atoms with Crippen LogP contribution in [0.1, 0.15) is 42.9 Å². The second-order valence-corrected chi connectivity index (χ2v) is 9.72. The largest absolute Gasteiger partial charge is 0.384 e. The number of hydrogen-bond acceptors (Lipinski definition) is 6. The molecule has 39 heavy (non-hydrogen) atoms. The molecule has 2 aromatic carbocycles. The number of aryl methyl sites for hydroxylation is 1. The van der Waals surface area contributed by atoms with Gasteiger partial charge >= 0.3 is 0 Å². The second-order valence-electron chi connectivity index (χ2n) is 9.72. The number of likely N-dealkylation sites (N-methyl/N-ethyl adjacent to an activating group) is 1. The van der Waals surface area contributed by atoms with E-state index in [1.807, 2.05) is 69.3 Å². The monoisotopic (exact) mass is 523 g/mol. The minimum absolute atomic E-state index is 0.0272. The lowest BCUT2D eigenvalue weighted by Gasteiger charge is -2.28. The molecule has 200 valence electrons. The summed E-state index contributed by atoms with van der Waals surface area (Å²) in [4.78, 5) is 43.9. The molecular weight excluding hydrogens is 490 g/mol. The van der Waals surface area contributed by atoms with Gasteiger partial charge in [0.1, 0.15) is 17.7 Å². The van der Waals surface area contributed by atoms with Gasteiger partial charge in [-0.3, -0.25) is 9.59 Å². The van der Waals surface area contributed by atoms with Crippen LogP contribution in [-0.4, -0.2) is 50.8 Å². The van der Waals surface area contributed by atoms with Crippen molar-refractivity contribution in [1.29, 1.82) is 0 Å². The van der Waals surface area contributed by atoms with E-state index in [4.69, 9.17) is 5.73 Å². The Morgan fingerprint density at radius 2 is 1.82 bits per heavy atom. The van der Waals surface area contributed by atoms with Gasteiger partial charge in [-0.1, -0.05) is 25.1 Å². The zero-order valence-electron chi connectivity index (χ0n) is 22.4. The lowest BCUT2D eigenvalue weighted by molar-refractivity contribution is -0.120. The Hall–Kier alpha value is -4.66. The van der Waals surface area contributed by atoms with E-state index in [1.165, 1.54) is 0 Å². The third-order valence-corrected chi connectivity index (χ3v) is 6.87. The quantitative estimate of drug-likeness (QED) is 0.204. The van der Waals surface area contributed by atoms with Gasteiger partial charge in [-0.15, -0.1) is 0 Å². The van der Waals surface area contributed by atoms with E-state index in [9.17, 15) is 9.59 Å². The molecule has 1 unspecified atom stereocenters. The number of imidazole rings is 1. The van der Waals surface area contributed by atoms with Crippen LogP contribution in [0.5, 0.6) is 0 Å². The number of rotatable bonds is 10. The molecule has 9 heteroatoms. The van der Waals surface area contributed by atoms with Crippen molar-refractivity contribution in [3.05, 3.63) is 72.1 Å². The van der Waals surface area contributed by atoms with E-state index in [1.54, 1.807) is 12.1 Å². The highest BCUT2D eigenvalue weighted by molar-refractivity contribution is 6.02. The number of carbonyl (C=O) groups is 2. The number of carbonyl (C=O) groups excluding carboxylic acids is 2. The summed E-state index contributed by atoms with van der Waals surface area (Å²) < 4.78 is 0. The van der Waals surface area contributed by atoms with Crippen molar-refractivity contribution in [2.75, 3.05) is 23.7 Å². The number of benzene rings is 2. The lowest BCUT2D eigenvalue weighted by atomic mass is 10.1. The van der Waals surface area contributed by atoms with Crippen LogP contribution in [0.4, 0.5) is 11.5 Å². The molecule has 0 aliphatic carbocycles. The highest BCUT2D eigenvalue weighted by Gasteiger charge is 2.24. The first-order valence-corrected chi connectivity index (χ1v) is 13.3. The smallest absolute Gasteiger partial charge is 0.251 e. The van der Waals surface area contributed by atoms with Gasteiger partial charge in [0, 0.05) is 52.9 Å². The number of aromatic amines is 2. The summed E-state index contributed by atoms with van der Waals surface area (Å²) in [5, 5.41) is 3.88. The molecule has 5 rings (SSSR count). The second kappa shape index (κ2) is 11.0. The maximum Gasteiger partial charge on any atom is 0.251 e. The number of aromatic nitrogens is 4. The number of nitrogen functional groups attached to an aromatic ring is 1. The number of nitrogens with two attached hydrogens (primary N) is 1. The minimum atomic E-state index is -0.619. The predicted octanol–water partition coefficient (Wildman–Crippen LogP) is 4.99. The number of fused-ring (bicyclic) bond motifs is 2. The number of H-pyrrole nitrogens is 2. The first kappa shape index (κ1) is 26.0. The van der Waals surface area contributed by atoms with Crippen LogP contribution in [0.2, 0.25) is 0 Å². The zero-order valence-corrected chi connectivity index (χ0v) is 22.4. The number of nitrogens with one attached hydrogen (secondary N) is 3. The molecule has 0 aliphatic heterocycles. The van der Waals surface area contributed by atoms with E-state index in [0.717, 1.165) is 52.2 Å². The summed E-state index contributed by atoms with van der Waals surface area (Å²) in [5.74, 6) is 0.875. The van der Waals surface area contributed by atoms with Crippen LogP contribution in [0.15, 0.2) is 60.7 Å². The molecule has 1 atom stereocenters. The number of hydrogen-bond donors (Lipinski definition) is 4. The van der Waals surface area contributed by atoms with Crippen molar-refractivity contribution < 1.29 is 9.59 Å². The van der Waals surface area contributed by atoms with Gasteiger partial charge in [-0.05, 0) is 62.7 Å². The van der Waals surface area contributed by atoms with Gasteiger partial charge in [-0.2, -0.15) is 0 Å². The summed E-state index contributed by atoms with van der Waals surface area (Å²) in [5.41, 5.74) is 11.5. The van der Waals surface area contributed by atoms with E-state index in [-0.39, 0.29) is 11.7 Å². The van der Waals surface area contributed by atoms with Crippen LogP contribution in [0, 0.1) is 6.92 Å². The molecular formula is C30H33N7O2. The number of pyridine rings is 1. The minimum Gasteiger partial charge on any atom is -0.384 e. The molecule has 5 N–H and O–H groups in total. The van der Waals surface area contributed by atoms with Gasteiger partial charge in [0.2, 0.25) is 0 Å². The Kier molecular flexibility index (Phi) is 7.31. The first-order chi connectivity index (χ1) is 18.9. The van der Waals surface area contributed by atoms with Gasteiger partial charge in [-0.25, -0.2) is 9.97 Å². The first-order valence-electron chi connectivity index (χ1n) is 13.3. The molecule has 0 saturated carbocycles. The molecule has 0 fully saturated rings. The van der Waals surface area contributed by atoms with Crippen molar-refractivity contribution in [2.45, 2.75) is 39.7 Å². The Balaban J connectivity index is 1.41. The van der Waals surface area contributed by atoms with Crippen molar-refractivity contribution >= 4 is 45.3 Å². The topological polar surface area (TPSA) is 133 Å². The predicted molar refractivity (Wildman–Crippen MR) is 156 cm³/mol. The maximum atomic E-state index is 13.4. The van der Waals surface area contributed by atoms with Crippen LogP contribution in [0.25, 0.3) is 33.3 Å². The van der Waals surface area contributed by atoms with Gasteiger partial charge < -0.3 is 25.9 Å². The summed E-state index contributed by atoms with van der Waals surface area (Å²) in [7, 11) is 0. The summed E-state index contributed by atoms with van der Waals surface area (Å²) in [6.07, 6.45) is 1.14. The Morgan fingerprint density at radius 3 is 2.56 bits per heavy atom. The average Bonchev–Trinajstić information content (AvgIpc) is 3.53. The molecule has 0 bridgehead atoms. The summed E-state index contributed by atoms with van der Waals surface area (Å²) >= 11 is 0. The molecule has 0 radical (unpaired) electrons. The average molecular weight is 524 g/mol. The zero-order chi connectivity index (χ0) is 27.5. The third kappa shape index (κ3) is 5.47. The third-order valence-electron chi connectivity index (χ3n) is 6.87. The Labute approximate surface area is 226 Å². The fraction of sp³-hybridized carbons (Fsp3) is 0.267. The normalized spacial score (nSPS) is 12.1. The van der Waals surface area contributed by atoms with E-state index >= 15 is 0 Å². The van der Waals surface area contributed by atoms with E-state index in [0.29, 0.717) is 30.0 Å². The SMILES string of the molecule is CCCC(=O)C(CN(CC)c1ccccc1)NC(=O)c1ccc2[nH]c(-c3cc(N)nc4nc(C)[nH]c34)cc2c1. The van der Waals surface area contributed by atoms with E-state index in [2.05, 4.69) is 30.2 Å². The standard InChI is InChI=1S/C30H33N7O2/c1-4-9-26(38)25(17-37(5-2)21-10-7-6-8-11-21)35-30(39)19-12-13-23-20(14-19)15-24(34-23)22-16-27(31)36-29-28(22)32-18(3)33-29/h6-8,10-16,25,34H,4-5,9,17H2,1-3H3,(H,35,39)(H3,31,32,33,36).